The van der Waals surface area contributed by atoms with Crippen LogP contribution in [0.1, 0.15) is 53.0 Å². The van der Waals surface area contributed by atoms with Gasteiger partial charge in [-0.2, -0.15) is 0 Å². The number of nitrogens with zero attached hydrogens (tertiary/aromatic N) is 1. The molecule has 8 nitrogen and oxygen atoms in total. The molecule has 0 radical (unpaired) electrons. The van der Waals surface area contributed by atoms with E-state index in [0.717, 1.165) is 0 Å². The topological polar surface area (TPSA) is 122 Å². The number of nitrogens with one attached hydrogen (secondary N) is 1. The van der Waals surface area contributed by atoms with Crippen LogP contribution in [0.15, 0.2) is 30.3 Å². The lowest BCUT2D eigenvalue weighted by Crippen LogP contribution is -2.61. The Balaban J connectivity index is 3.29. The summed E-state index contributed by atoms with van der Waals surface area (Å²) in [6.45, 7) is 7.00. The van der Waals surface area contributed by atoms with Crippen LogP contribution in [0.5, 0.6) is 0 Å². The molecular weight excluding hydrogens is 448 g/mol. The van der Waals surface area contributed by atoms with Gasteiger partial charge in [-0.15, -0.1) is 0 Å². The number of carbonyl (C=O) groups is 3. The molecule has 1 aromatic rings. The molecule has 192 valence electrons. The second-order valence-electron chi connectivity index (χ2n) is 9.24. The highest BCUT2D eigenvalue weighted by molar-refractivity contribution is 5.97. The Kier molecular flexibility index (Phi) is 11.5. The van der Waals surface area contributed by atoms with Gasteiger partial charge in [0.1, 0.15) is 18.8 Å². The van der Waals surface area contributed by atoms with Crippen LogP contribution in [0.2, 0.25) is 0 Å². The lowest BCUT2D eigenvalue weighted by Gasteiger charge is -2.37. The van der Waals surface area contributed by atoms with E-state index in [0.29, 0.717) is 10.5 Å². The summed E-state index contributed by atoms with van der Waals surface area (Å²) in [6.07, 6.45) is -3.61. The molecule has 3 unspecified atom stereocenters. The van der Waals surface area contributed by atoms with Crippen LogP contribution in [-0.4, -0.2) is 58.6 Å². The van der Waals surface area contributed by atoms with Crippen LogP contribution in [0.25, 0.3) is 0 Å². The maximum Gasteiger partial charge on any atom is 0.417 e. The van der Waals surface area contributed by atoms with Gasteiger partial charge in [-0.05, 0) is 30.7 Å². The van der Waals surface area contributed by atoms with E-state index in [-0.39, 0.29) is 31.3 Å². The first-order valence-corrected chi connectivity index (χ1v) is 11.4. The quantitative estimate of drug-likeness (QED) is 0.418. The van der Waals surface area contributed by atoms with E-state index in [2.05, 4.69) is 5.32 Å². The van der Waals surface area contributed by atoms with E-state index in [9.17, 15) is 28.3 Å². The van der Waals surface area contributed by atoms with Gasteiger partial charge in [-0.25, -0.2) is 18.5 Å². The SMILES string of the molecule is CC(C)CC(=O)NC(C)C(=O)N(C(=O)OCc1ccccc1)C(CC(C)C)C(O)C(F)(F)CN. The van der Waals surface area contributed by atoms with Crippen molar-refractivity contribution >= 4 is 17.9 Å². The molecule has 0 heterocycles. The van der Waals surface area contributed by atoms with Crippen LogP contribution in [0.3, 0.4) is 0 Å². The van der Waals surface area contributed by atoms with Crippen molar-refractivity contribution in [2.45, 2.75) is 78.2 Å². The fourth-order valence-corrected chi connectivity index (χ4v) is 3.38. The number of aliphatic hydroxyl groups excluding tert-OH is 1. The molecule has 1 rings (SSSR count). The van der Waals surface area contributed by atoms with Gasteiger partial charge in [-0.3, -0.25) is 9.59 Å². The number of benzene rings is 1. The second-order valence-corrected chi connectivity index (χ2v) is 9.24. The summed E-state index contributed by atoms with van der Waals surface area (Å²) in [7, 11) is 0. The number of amides is 3. The number of alkyl halides is 2. The fourth-order valence-electron chi connectivity index (χ4n) is 3.38. The Morgan fingerprint density at radius 2 is 1.68 bits per heavy atom. The molecule has 0 bridgehead atoms. The summed E-state index contributed by atoms with van der Waals surface area (Å²) in [4.78, 5) is 39.0. The predicted octanol–water partition coefficient (Wildman–Crippen LogP) is 3.07. The molecule has 0 aliphatic heterocycles. The minimum Gasteiger partial charge on any atom is -0.444 e. The van der Waals surface area contributed by atoms with Gasteiger partial charge in [0.15, 0.2) is 0 Å². The number of nitrogens with two attached hydrogens (primary N) is 1. The zero-order valence-corrected chi connectivity index (χ0v) is 20.5. The lowest BCUT2D eigenvalue weighted by atomic mass is 9.93. The maximum atomic E-state index is 14.4. The van der Waals surface area contributed by atoms with Gasteiger partial charge >= 0.3 is 6.09 Å². The monoisotopic (exact) mass is 485 g/mol. The lowest BCUT2D eigenvalue weighted by molar-refractivity contribution is -0.153. The number of ether oxygens (including phenoxy) is 1. The van der Waals surface area contributed by atoms with E-state index in [1.165, 1.54) is 6.92 Å². The molecule has 3 atom stereocenters. The number of imide groups is 1. The largest absolute Gasteiger partial charge is 0.444 e. The average Bonchev–Trinajstić information content (AvgIpc) is 2.76. The molecule has 0 saturated heterocycles. The number of aliphatic hydroxyl groups is 1. The van der Waals surface area contributed by atoms with E-state index in [1.54, 1.807) is 44.2 Å². The van der Waals surface area contributed by atoms with E-state index >= 15 is 0 Å². The zero-order valence-electron chi connectivity index (χ0n) is 20.5. The van der Waals surface area contributed by atoms with Crippen molar-refractivity contribution in [3.63, 3.8) is 0 Å². The number of rotatable bonds is 12. The highest BCUT2D eigenvalue weighted by Crippen LogP contribution is 2.28. The molecule has 0 spiro atoms. The summed E-state index contributed by atoms with van der Waals surface area (Å²) < 4.78 is 34.1. The standard InChI is InChI=1S/C24H37F2N3O5/c1-15(2)11-19(21(31)24(25,26)14-27)29(22(32)17(5)28-20(30)12-16(3)4)23(33)34-13-18-9-7-6-8-10-18/h6-10,15-17,19,21,31H,11-14,27H2,1-5H3,(H,28,30). The summed E-state index contributed by atoms with van der Waals surface area (Å²) in [5.74, 6) is -5.40. The molecular formula is C24H37F2N3O5. The normalized spacial score (nSPS) is 14.4. The van der Waals surface area contributed by atoms with Crippen molar-refractivity contribution in [3.8, 4) is 0 Å². The third-order valence-corrected chi connectivity index (χ3v) is 5.09. The van der Waals surface area contributed by atoms with Crippen molar-refractivity contribution in [1.29, 1.82) is 0 Å². The van der Waals surface area contributed by atoms with Gasteiger partial charge in [0.25, 0.3) is 11.8 Å². The molecule has 10 heteroatoms. The predicted molar refractivity (Wildman–Crippen MR) is 124 cm³/mol. The smallest absolute Gasteiger partial charge is 0.417 e. The molecule has 0 aliphatic rings. The molecule has 0 fully saturated rings. The number of hydrogen-bond acceptors (Lipinski definition) is 6. The highest BCUT2D eigenvalue weighted by atomic mass is 19.3. The number of carbonyl (C=O) groups excluding carboxylic acids is 3. The Morgan fingerprint density at radius 1 is 1.09 bits per heavy atom. The second kappa shape index (κ2) is 13.3. The van der Waals surface area contributed by atoms with Crippen molar-refractivity contribution in [3.05, 3.63) is 35.9 Å². The maximum absolute atomic E-state index is 14.4. The van der Waals surface area contributed by atoms with E-state index in [4.69, 9.17) is 10.5 Å². The Bertz CT molecular complexity index is 805. The van der Waals surface area contributed by atoms with Crippen molar-refractivity contribution in [1.82, 2.24) is 10.2 Å². The first-order valence-electron chi connectivity index (χ1n) is 11.4. The summed E-state index contributed by atoms with van der Waals surface area (Å²) in [6, 6.07) is 5.76. The van der Waals surface area contributed by atoms with Crippen molar-refractivity contribution in [2.24, 2.45) is 17.6 Å². The minimum atomic E-state index is -3.76. The zero-order chi connectivity index (χ0) is 26.1. The van der Waals surface area contributed by atoms with Crippen LogP contribution in [0.4, 0.5) is 13.6 Å². The Labute approximate surface area is 199 Å². The van der Waals surface area contributed by atoms with Crippen LogP contribution in [0, 0.1) is 11.8 Å². The summed E-state index contributed by atoms with van der Waals surface area (Å²) in [5.41, 5.74) is 5.77. The molecule has 1 aromatic carbocycles. The van der Waals surface area contributed by atoms with E-state index in [1.807, 2.05) is 13.8 Å². The van der Waals surface area contributed by atoms with Crippen molar-refractivity contribution < 1.29 is 33.0 Å². The van der Waals surface area contributed by atoms with Gasteiger partial charge in [0.2, 0.25) is 5.91 Å². The van der Waals surface area contributed by atoms with Gasteiger partial charge in [0.05, 0.1) is 12.6 Å². The van der Waals surface area contributed by atoms with Gasteiger partial charge in [-0.1, -0.05) is 58.0 Å². The van der Waals surface area contributed by atoms with Gasteiger partial charge in [0, 0.05) is 6.42 Å². The molecule has 3 amide bonds. The van der Waals surface area contributed by atoms with Crippen LogP contribution in [-0.2, 0) is 20.9 Å². The number of halogens is 2. The first-order chi connectivity index (χ1) is 15.8. The molecule has 0 saturated carbocycles. The highest BCUT2D eigenvalue weighted by Gasteiger charge is 2.48. The molecule has 0 aliphatic carbocycles. The summed E-state index contributed by atoms with van der Waals surface area (Å²) in [5, 5.41) is 13.0. The fraction of sp³-hybridized carbons (Fsp3) is 0.625. The van der Waals surface area contributed by atoms with Crippen LogP contribution < -0.4 is 11.1 Å². The number of hydrogen-bond donors (Lipinski definition) is 3. The molecule has 4 N–H and O–H groups in total. The summed E-state index contributed by atoms with van der Waals surface area (Å²) >= 11 is 0. The van der Waals surface area contributed by atoms with Gasteiger partial charge < -0.3 is 20.9 Å². The Morgan fingerprint density at radius 3 is 2.18 bits per heavy atom. The van der Waals surface area contributed by atoms with Crippen molar-refractivity contribution in [2.75, 3.05) is 6.54 Å². The third-order valence-electron chi connectivity index (χ3n) is 5.09. The average molecular weight is 486 g/mol. The molecule has 0 aromatic heterocycles. The van der Waals surface area contributed by atoms with Crippen LogP contribution >= 0.6 is 0 Å². The Hall–Kier alpha value is -2.59. The van der Waals surface area contributed by atoms with E-state index < -0.39 is 48.6 Å². The minimum absolute atomic E-state index is 0.0213. The molecule has 34 heavy (non-hydrogen) atoms. The first kappa shape index (κ1) is 29.4. The third kappa shape index (κ3) is 8.98.